The lowest BCUT2D eigenvalue weighted by Crippen LogP contribution is -2.04. The van der Waals surface area contributed by atoms with Gasteiger partial charge in [0.1, 0.15) is 6.61 Å². The van der Waals surface area contributed by atoms with E-state index < -0.39 is 0 Å². The fourth-order valence-corrected chi connectivity index (χ4v) is 3.23. The van der Waals surface area contributed by atoms with Gasteiger partial charge in [0, 0.05) is 0 Å². The van der Waals surface area contributed by atoms with Crippen molar-refractivity contribution in [2.45, 2.75) is 44.6 Å². The lowest BCUT2D eigenvalue weighted by Gasteiger charge is -2.21. The minimum Gasteiger partial charge on any atom is -0.391 e. The maximum absolute atomic E-state index is 8.88. The minimum atomic E-state index is 0.367. The van der Waals surface area contributed by atoms with Crippen molar-refractivity contribution in [1.82, 2.24) is 0 Å². The van der Waals surface area contributed by atoms with Gasteiger partial charge in [-0.15, -0.1) is 0 Å². The van der Waals surface area contributed by atoms with E-state index >= 15 is 0 Å². The summed E-state index contributed by atoms with van der Waals surface area (Å²) in [5, 5.41) is 12.9. The molecule has 1 fully saturated rings. The highest BCUT2D eigenvalue weighted by Crippen LogP contribution is 2.32. The summed E-state index contributed by atoms with van der Waals surface area (Å²) in [4.78, 5) is 5.33. The third-order valence-electron chi connectivity index (χ3n) is 4.58. The highest BCUT2D eigenvalue weighted by atomic mass is 16.6. The number of nitrogens with zero attached hydrogens (tertiary/aromatic N) is 2. The lowest BCUT2D eigenvalue weighted by molar-refractivity contribution is 0.132. The molecule has 2 aromatic carbocycles. The van der Waals surface area contributed by atoms with E-state index in [1.807, 2.05) is 18.2 Å². The molecule has 2 aromatic rings. The smallest absolute Gasteiger partial charge is 0.142 e. The lowest BCUT2D eigenvalue weighted by atomic mass is 9.84. The van der Waals surface area contributed by atoms with Gasteiger partial charge in [-0.1, -0.05) is 60.8 Å². The van der Waals surface area contributed by atoms with Crippen LogP contribution in [0.2, 0.25) is 0 Å². The van der Waals surface area contributed by atoms with Gasteiger partial charge in [0.15, 0.2) is 0 Å². The number of nitriles is 1. The molecule has 0 aliphatic heterocycles. The van der Waals surface area contributed by atoms with Crippen LogP contribution in [-0.2, 0) is 11.4 Å². The Balaban J connectivity index is 1.52. The van der Waals surface area contributed by atoms with Crippen molar-refractivity contribution in [2.24, 2.45) is 5.16 Å². The highest BCUT2D eigenvalue weighted by molar-refractivity contribution is 5.79. The molecule has 0 saturated heterocycles. The summed E-state index contributed by atoms with van der Waals surface area (Å²) in [7, 11) is 0. The molecule has 3 heteroatoms. The average molecular weight is 318 g/mol. The molecule has 0 atom stereocenters. The number of hydrogen-bond donors (Lipinski definition) is 0. The van der Waals surface area contributed by atoms with Gasteiger partial charge in [0.05, 0.1) is 17.8 Å². The molecule has 1 aliphatic rings. The van der Waals surface area contributed by atoms with Crippen LogP contribution in [-0.4, -0.2) is 6.21 Å². The van der Waals surface area contributed by atoms with Gasteiger partial charge >= 0.3 is 0 Å². The predicted molar refractivity (Wildman–Crippen MR) is 95.8 cm³/mol. The molecule has 0 N–H and O–H groups in total. The third-order valence-corrected chi connectivity index (χ3v) is 4.58. The molecule has 0 aromatic heterocycles. The van der Waals surface area contributed by atoms with Crippen molar-refractivity contribution >= 4 is 6.21 Å². The Bertz CT molecular complexity index is 722. The van der Waals surface area contributed by atoms with Gasteiger partial charge in [-0.2, -0.15) is 5.26 Å². The number of hydrogen-bond acceptors (Lipinski definition) is 3. The quantitative estimate of drug-likeness (QED) is 0.565. The van der Waals surface area contributed by atoms with E-state index in [1.165, 1.54) is 37.7 Å². The molecule has 0 radical (unpaired) electrons. The van der Waals surface area contributed by atoms with Crippen LogP contribution < -0.4 is 0 Å². The predicted octanol–water partition coefficient (Wildman–Crippen LogP) is 5.16. The summed E-state index contributed by atoms with van der Waals surface area (Å²) in [5.74, 6) is 0.730. The van der Waals surface area contributed by atoms with Crippen LogP contribution in [0.25, 0.3) is 0 Å². The van der Waals surface area contributed by atoms with Crippen LogP contribution in [0.5, 0.6) is 0 Å². The fourth-order valence-electron chi connectivity index (χ4n) is 3.23. The van der Waals surface area contributed by atoms with E-state index in [0.29, 0.717) is 12.2 Å². The zero-order valence-electron chi connectivity index (χ0n) is 13.8. The standard InChI is InChI=1S/C21H22N2O/c22-14-18-5-4-6-19(13-18)16-24-23-15-17-9-11-21(12-10-17)20-7-2-1-3-8-20/h4-6,9-13,15,20H,1-3,7-8,16H2. The second kappa shape index (κ2) is 8.31. The second-order valence-corrected chi connectivity index (χ2v) is 6.32. The molecule has 3 rings (SSSR count). The molecule has 24 heavy (non-hydrogen) atoms. The maximum Gasteiger partial charge on any atom is 0.142 e. The van der Waals surface area contributed by atoms with Crippen LogP contribution in [0.15, 0.2) is 53.7 Å². The Morgan fingerprint density at radius 3 is 2.62 bits per heavy atom. The maximum atomic E-state index is 8.88. The van der Waals surface area contributed by atoms with Gasteiger partial charge in [-0.3, -0.25) is 0 Å². The number of oxime groups is 1. The Morgan fingerprint density at radius 2 is 1.88 bits per heavy atom. The van der Waals surface area contributed by atoms with E-state index in [0.717, 1.165) is 17.0 Å². The zero-order valence-corrected chi connectivity index (χ0v) is 13.8. The van der Waals surface area contributed by atoms with Crippen LogP contribution in [0.3, 0.4) is 0 Å². The summed E-state index contributed by atoms with van der Waals surface area (Å²) >= 11 is 0. The van der Waals surface area contributed by atoms with Crippen LogP contribution in [0, 0.1) is 11.3 Å². The SMILES string of the molecule is N#Cc1cccc(CON=Cc2ccc(C3CCCCC3)cc2)c1. The van der Waals surface area contributed by atoms with Gasteiger partial charge in [0.2, 0.25) is 0 Å². The molecule has 3 nitrogen and oxygen atoms in total. The fraction of sp³-hybridized carbons (Fsp3) is 0.333. The van der Waals surface area contributed by atoms with Crippen molar-refractivity contribution in [2.75, 3.05) is 0 Å². The zero-order chi connectivity index (χ0) is 16.6. The Morgan fingerprint density at radius 1 is 1.08 bits per heavy atom. The summed E-state index contributed by atoms with van der Waals surface area (Å²) < 4.78 is 0. The summed E-state index contributed by atoms with van der Waals surface area (Å²) in [6, 6.07) is 18.1. The van der Waals surface area contributed by atoms with Crippen LogP contribution in [0.1, 0.15) is 60.3 Å². The summed E-state index contributed by atoms with van der Waals surface area (Å²) in [5.41, 5.74) is 4.07. The van der Waals surface area contributed by atoms with Gasteiger partial charge < -0.3 is 4.84 Å². The average Bonchev–Trinajstić information content (AvgIpc) is 2.67. The van der Waals surface area contributed by atoms with Crippen molar-refractivity contribution in [3.05, 3.63) is 70.8 Å². The van der Waals surface area contributed by atoms with Crippen LogP contribution in [0.4, 0.5) is 0 Å². The molecule has 0 spiro atoms. The molecule has 0 heterocycles. The monoisotopic (exact) mass is 318 g/mol. The molecular formula is C21H22N2O. The molecule has 0 bridgehead atoms. The van der Waals surface area contributed by atoms with E-state index in [9.17, 15) is 0 Å². The van der Waals surface area contributed by atoms with E-state index in [2.05, 4.69) is 35.5 Å². The molecule has 0 unspecified atom stereocenters. The minimum absolute atomic E-state index is 0.367. The first kappa shape index (κ1) is 16.3. The largest absolute Gasteiger partial charge is 0.391 e. The van der Waals surface area contributed by atoms with Crippen molar-refractivity contribution in [1.29, 1.82) is 5.26 Å². The summed E-state index contributed by atoms with van der Waals surface area (Å²) in [6.45, 7) is 0.367. The normalized spacial score (nSPS) is 15.3. The van der Waals surface area contributed by atoms with E-state index in [-0.39, 0.29) is 0 Å². The van der Waals surface area contributed by atoms with Crippen molar-refractivity contribution in [3.63, 3.8) is 0 Å². The topological polar surface area (TPSA) is 45.4 Å². The molecule has 1 saturated carbocycles. The first-order chi connectivity index (χ1) is 11.8. The first-order valence-electron chi connectivity index (χ1n) is 8.59. The summed E-state index contributed by atoms with van der Waals surface area (Å²) in [6.07, 6.45) is 8.47. The second-order valence-electron chi connectivity index (χ2n) is 6.32. The molecule has 0 amide bonds. The van der Waals surface area contributed by atoms with Crippen LogP contribution >= 0.6 is 0 Å². The third kappa shape index (κ3) is 4.45. The molecule has 122 valence electrons. The highest BCUT2D eigenvalue weighted by Gasteiger charge is 2.14. The van der Waals surface area contributed by atoms with Gasteiger partial charge in [-0.05, 0) is 47.6 Å². The first-order valence-corrected chi connectivity index (χ1v) is 8.59. The Hall–Kier alpha value is -2.60. The Kier molecular flexibility index (Phi) is 5.63. The van der Waals surface area contributed by atoms with Gasteiger partial charge in [-0.25, -0.2) is 0 Å². The Labute approximate surface area is 143 Å². The van der Waals surface area contributed by atoms with E-state index in [4.69, 9.17) is 10.1 Å². The van der Waals surface area contributed by atoms with Crippen molar-refractivity contribution < 1.29 is 4.84 Å². The number of benzene rings is 2. The number of rotatable bonds is 5. The van der Waals surface area contributed by atoms with Gasteiger partial charge in [0.25, 0.3) is 0 Å². The van der Waals surface area contributed by atoms with Crippen molar-refractivity contribution in [3.8, 4) is 6.07 Å². The van der Waals surface area contributed by atoms with E-state index in [1.54, 1.807) is 12.3 Å². The molecular weight excluding hydrogens is 296 g/mol. The molecule has 1 aliphatic carbocycles.